The lowest BCUT2D eigenvalue weighted by atomic mass is 9.86. The molecule has 2 aliphatic heterocycles. The van der Waals surface area contributed by atoms with Crippen LogP contribution < -0.4 is 16.8 Å². The Morgan fingerprint density at radius 1 is 1.43 bits per heavy atom. The van der Waals surface area contributed by atoms with Gasteiger partial charge in [0.15, 0.2) is 5.13 Å². The molecule has 1 saturated heterocycles. The van der Waals surface area contributed by atoms with E-state index in [9.17, 15) is 24.4 Å². The van der Waals surface area contributed by atoms with Crippen molar-refractivity contribution in [2.75, 3.05) is 18.0 Å². The topological polar surface area (TPSA) is 194 Å². The van der Waals surface area contributed by atoms with Crippen LogP contribution in [0.15, 0.2) is 39.0 Å². The normalized spacial score (nSPS) is 19.7. The quantitative estimate of drug-likeness (QED) is 0.172. The second kappa shape index (κ2) is 11.8. The van der Waals surface area contributed by atoms with E-state index in [2.05, 4.69) is 20.5 Å². The Kier molecular flexibility index (Phi) is 8.69. The second-order valence-corrected chi connectivity index (χ2v) is 11.9. The zero-order valence-corrected chi connectivity index (χ0v) is 22.3. The molecule has 2 amide bonds. The maximum Gasteiger partial charge on any atom is 0.353 e. The van der Waals surface area contributed by atoms with Crippen LogP contribution >= 0.6 is 46.5 Å². The zero-order chi connectivity index (χ0) is 26.7. The van der Waals surface area contributed by atoms with Gasteiger partial charge in [0, 0.05) is 34.0 Å². The lowest BCUT2D eigenvalue weighted by molar-refractivity contribution is -0.156. The number of nitrogen functional groups attached to an aromatic ring is 1. The van der Waals surface area contributed by atoms with Crippen molar-refractivity contribution in [3.8, 4) is 0 Å². The summed E-state index contributed by atoms with van der Waals surface area (Å²) in [6.45, 7) is 0.541. The summed E-state index contributed by atoms with van der Waals surface area (Å²) in [6.07, 6.45) is 2.46. The largest absolute Gasteiger partial charge is 0.477 e. The number of aromatic nitrogens is 2. The molecule has 3 atom stereocenters. The fourth-order valence-corrected chi connectivity index (χ4v) is 7.04. The molecule has 0 aromatic carbocycles. The maximum atomic E-state index is 13.0. The van der Waals surface area contributed by atoms with Gasteiger partial charge in [0.2, 0.25) is 6.04 Å². The van der Waals surface area contributed by atoms with E-state index in [1.807, 2.05) is 6.07 Å². The van der Waals surface area contributed by atoms with E-state index < -0.39 is 35.9 Å². The fourth-order valence-electron chi connectivity index (χ4n) is 4.09. The number of nitrogens with two attached hydrogens (primary N) is 2. The highest BCUT2D eigenvalue weighted by atomic mass is 35.5. The second-order valence-electron chi connectivity index (χ2n) is 7.99. The highest BCUT2D eigenvalue weighted by molar-refractivity contribution is 8.03. The van der Waals surface area contributed by atoms with Crippen molar-refractivity contribution in [3.05, 3.63) is 49.6 Å². The van der Waals surface area contributed by atoms with Gasteiger partial charge in [-0.3, -0.25) is 19.5 Å². The number of carbonyl (C=O) groups excluding carboxylic acids is 2. The van der Waals surface area contributed by atoms with Crippen LogP contribution in [0.1, 0.15) is 30.3 Å². The summed E-state index contributed by atoms with van der Waals surface area (Å²) in [5, 5.41) is 15.3. The molecule has 37 heavy (non-hydrogen) atoms. The number of carbonyl (C=O) groups is 3. The third kappa shape index (κ3) is 5.60. The van der Waals surface area contributed by atoms with Gasteiger partial charge < -0.3 is 21.9 Å². The van der Waals surface area contributed by atoms with Gasteiger partial charge in [0.1, 0.15) is 21.8 Å². The number of aliphatic carboxylic acids is 1. The molecule has 4 rings (SSSR count). The van der Waals surface area contributed by atoms with Crippen LogP contribution in [-0.4, -0.2) is 62.1 Å². The molecule has 6 N–H and O–H groups in total. The molecule has 0 saturated carbocycles. The highest BCUT2D eigenvalue weighted by Gasteiger charge is 2.54. The smallest absolute Gasteiger partial charge is 0.353 e. The molecular weight excluding hydrogens is 562 g/mol. The molecule has 2 aromatic heterocycles. The van der Waals surface area contributed by atoms with E-state index in [1.54, 1.807) is 24.0 Å². The number of thiazole rings is 1. The van der Waals surface area contributed by atoms with E-state index >= 15 is 0 Å². The summed E-state index contributed by atoms with van der Waals surface area (Å²) in [6, 6.07) is 0.454. The summed E-state index contributed by atoms with van der Waals surface area (Å²) in [4.78, 5) is 60.2. The van der Waals surface area contributed by atoms with Crippen molar-refractivity contribution in [1.29, 1.82) is 0 Å². The molecule has 12 nitrogen and oxygen atoms in total. The van der Waals surface area contributed by atoms with Gasteiger partial charge in [-0.2, -0.15) is 11.8 Å². The van der Waals surface area contributed by atoms with Crippen molar-refractivity contribution >= 4 is 69.4 Å². The lowest BCUT2D eigenvalue weighted by Crippen LogP contribution is -2.71. The minimum absolute atomic E-state index is 0.0467. The first-order valence-electron chi connectivity index (χ1n) is 11.0. The number of thioether (sulfide) groups is 2. The van der Waals surface area contributed by atoms with Gasteiger partial charge in [0.25, 0.3) is 11.8 Å². The summed E-state index contributed by atoms with van der Waals surface area (Å²) in [7, 11) is 0. The van der Waals surface area contributed by atoms with Crippen LogP contribution in [0.5, 0.6) is 0 Å². The van der Waals surface area contributed by atoms with Gasteiger partial charge in [-0.05, 0) is 30.2 Å². The molecule has 1 fully saturated rings. The van der Waals surface area contributed by atoms with Gasteiger partial charge in [0.05, 0.1) is 11.7 Å². The first kappa shape index (κ1) is 27.3. The maximum absolute atomic E-state index is 13.0. The number of hydrogen-bond donors (Lipinski definition) is 4. The molecule has 4 heterocycles. The number of hydrogen-bond acceptors (Lipinski definition) is 12. The fraction of sp³-hybridized carbons (Fsp3) is 0.381. The summed E-state index contributed by atoms with van der Waals surface area (Å²) in [5.41, 5.74) is 11.7. The molecule has 196 valence electrons. The zero-order valence-electron chi connectivity index (χ0n) is 19.1. The summed E-state index contributed by atoms with van der Waals surface area (Å²) >= 11 is 9.80. The van der Waals surface area contributed by atoms with Crippen molar-refractivity contribution < 1.29 is 19.5 Å². The Bertz CT molecular complexity index is 1270. The predicted octanol–water partition coefficient (Wildman–Crippen LogP) is 2.35. The van der Waals surface area contributed by atoms with E-state index in [1.165, 1.54) is 16.7 Å². The monoisotopic (exact) mass is 583 g/mol. The number of carboxylic acid groups (broad SMARTS) is 1. The molecule has 0 bridgehead atoms. The molecule has 0 spiro atoms. The van der Waals surface area contributed by atoms with Crippen molar-refractivity contribution in [3.63, 3.8) is 0 Å². The van der Waals surface area contributed by atoms with E-state index in [-0.39, 0.29) is 20.9 Å². The van der Waals surface area contributed by atoms with Crippen LogP contribution in [0.4, 0.5) is 5.13 Å². The minimum Gasteiger partial charge on any atom is -0.477 e. The number of nitrogens with zero attached hydrogens (tertiary/aromatic N) is 4. The molecule has 2 aliphatic rings. The third-order valence-corrected chi connectivity index (χ3v) is 9.07. The number of fused-ring (bicyclic) bond motifs is 1. The van der Waals surface area contributed by atoms with Crippen molar-refractivity contribution in [2.45, 2.75) is 41.6 Å². The van der Waals surface area contributed by atoms with E-state index in [4.69, 9.17) is 23.1 Å². The number of β-lactam (4-membered cyclic amide) rings is 1. The van der Waals surface area contributed by atoms with Crippen molar-refractivity contribution in [2.24, 2.45) is 10.9 Å². The molecule has 0 radical (unpaired) electrons. The van der Waals surface area contributed by atoms with Gasteiger partial charge >= 0.3 is 5.97 Å². The average molecular weight is 584 g/mol. The number of nitrogens with one attached hydrogen (secondary N) is 1. The minimum atomic E-state index is -1.59. The lowest BCUT2D eigenvalue weighted by Gasteiger charge is -2.50. The van der Waals surface area contributed by atoms with E-state index in [0.29, 0.717) is 30.0 Å². The van der Waals surface area contributed by atoms with Gasteiger partial charge in [-0.1, -0.05) is 34.7 Å². The number of halogens is 1. The number of allylic oxidation sites excluding steroid dienone is 1. The van der Waals surface area contributed by atoms with E-state index in [0.717, 1.165) is 27.7 Å². The number of amides is 2. The summed E-state index contributed by atoms with van der Waals surface area (Å²) < 4.78 is 0.0467. The molecular formula is C21H22ClN7O5S3. The van der Waals surface area contributed by atoms with Gasteiger partial charge in [-0.15, -0.1) is 4.91 Å². The summed E-state index contributed by atoms with van der Waals surface area (Å²) in [5.74, 6) is -1.31. The standard InChI is InChI=1S/C21H22ClN7O5S3/c22-17-14(27-21(24)37-17)15(28-34)18(30)26-13-10-3-4-12(16(20(32)33)29(10)19(13)31)36-11-2-1-6-25-9(11)8-35-7-5-23/h1-2,6,10,13,15H,3-5,7-8,23H2,(H2,24,27)(H,26,30)(H,32,33)/t10?,13-,15?/m0/s1. The van der Waals surface area contributed by atoms with Crippen LogP contribution in [0.2, 0.25) is 4.34 Å². The highest BCUT2D eigenvalue weighted by Crippen LogP contribution is 2.44. The average Bonchev–Trinajstić information content (AvgIpc) is 3.20. The number of anilines is 1. The number of rotatable bonds is 11. The number of nitroso groups, excluding NO2 is 1. The molecule has 2 aromatic rings. The molecule has 0 aliphatic carbocycles. The molecule has 2 unspecified atom stereocenters. The van der Waals surface area contributed by atoms with Crippen LogP contribution in [-0.2, 0) is 20.1 Å². The Balaban J connectivity index is 1.52. The number of pyridine rings is 1. The first-order valence-corrected chi connectivity index (χ1v) is 14.2. The van der Waals surface area contributed by atoms with Crippen LogP contribution in [0.25, 0.3) is 0 Å². The molecule has 16 heteroatoms. The van der Waals surface area contributed by atoms with Gasteiger partial charge in [-0.25, -0.2) is 9.78 Å². The predicted molar refractivity (Wildman–Crippen MR) is 142 cm³/mol. The Morgan fingerprint density at radius 3 is 2.86 bits per heavy atom. The van der Waals surface area contributed by atoms with Crippen molar-refractivity contribution in [1.82, 2.24) is 20.2 Å². The SMILES string of the molecule is NCCSCc1ncccc1SC1=C(C(=O)O)N2C(=O)[C@@H](NC(=O)C(N=O)c3nc(N)sc3Cl)C2CC1. The van der Waals surface area contributed by atoms with Crippen LogP contribution in [0.3, 0.4) is 0 Å². The Morgan fingerprint density at radius 2 is 2.22 bits per heavy atom. The third-order valence-electron chi connectivity index (χ3n) is 5.71. The Labute approximate surface area is 228 Å². The Hall–Kier alpha value is -2.72. The van der Waals surface area contributed by atoms with Crippen LogP contribution in [0, 0.1) is 4.91 Å². The number of carboxylic acids is 1. The first-order chi connectivity index (χ1) is 17.8.